The first-order chi connectivity index (χ1) is 13.2. The van der Waals surface area contributed by atoms with Crippen LogP contribution in [0, 0.1) is 29.4 Å². The van der Waals surface area contributed by atoms with Gasteiger partial charge in [0, 0.05) is 3.92 Å². The Kier molecular flexibility index (Phi) is 7.48. The molecule has 2 saturated carbocycles. The summed E-state index contributed by atoms with van der Waals surface area (Å²) in [6.45, 7) is 0. The fourth-order valence-electron chi connectivity index (χ4n) is 4.84. The van der Waals surface area contributed by atoms with E-state index in [1.165, 1.54) is 38.5 Å². The number of ether oxygens (including phenoxy) is 1. The summed E-state index contributed by atoms with van der Waals surface area (Å²) in [6.07, 6.45) is 6.22. The van der Waals surface area contributed by atoms with E-state index in [1.807, 2.05) is 0 Å². The van der Waals surface area contributed by atoms with Crippen molar-refractivity contribution in [2.75, 3.05) is 0 Å². The summed E-state index contributed by atoms with van der Waals surface area (Å²) < 4.78 is 68.6. The lowest BCUT2D eigenvalue weighted by molar-refractivity contribution is -0.276. The molecule has 0 heterocycles. The van der Waals surface area contributed by atoms with E-state index in [1.54, 1.807) is 0 Å². The molecule has 2 fully saturated rings. The molecule has 2 aliphatic rings. The summed E-state index contributed by atoms with van der Waals surface area (Å²) >= 11 is 2.55. The standard InChI is InChI=1S/C21H26F5IO/c22-18-11-14(12-19(23)20(18)28-21(24,25)26)2-1-13-3-5-15(6-4-13)16-7-9-17(27)10-8-16/h11-13,15-17H,1-10H2. The summed E-state index contributed by atoms with van der Waals surface area (Å²) in [4.78, 5) is 0. The Morgan fingerprint density at radius 3 is 1.86 bits per heavy atom. The number of alkyl halides is 4. The minimum atomic E-state index is -5.11. The van der Waals surface area contributed by atoms with Crippen LogP contribution in [0.5, 0.6) is 5.75 Å². The minimum absolute atomic E-state index is 0.381. The molecule has 3 rings (SSSR count). The SMILES string of the molecule is Fc1cc(CCC2CCC(C3CCC(I)CC3)CC2)cc(F)c1OC(F)(F)F. The van der Waals surface area contributed by atoms with Gasteiger partial charge in [-0.3, -0.25) is 0 Å². The van der Waals surface area contributed by atoms with Crippen LogP contribution in [0.15, 0.2) is 12.1 Å². The van der Waals surface area contributed by atoms with Crippen molar-refractivity contribution in [3.05, 3.63) is 29.3 Å². The van der Waals surface area contributed by atoms with Crippen molar-refractivity contribution in [3.8, 4) is 5.75 Å². The zero-order valence-electron chi connectivity index (χ0n) is 15.7. The molecule has 0 radical (unpaired) electrons. The molecule has 2 aliphatic carbocycles. The fraction of sp³-hybridized carbons (Fsp3) is 0.714. The first-order valence-electron chi connectivity index (χ1n) is 10.1. The average Bonchev–Trinajstić information content (AvgIpc) is 2.63. The lowest BCUT2D eigenvalue weighted by Gasteiger charge is -2.37. The van der Waals surface area contributed by atoms with Crippen LogP contribution >= 0.6 is 22.6 Å². The minimum Gasteiger partial charge on any atom is -0.399 e. The zero-order chi connectivity index (χ0) is 20.3. The van der Waals surface area contributed by atoms with Gasteiger partial charge in [0.15, 0.2) is 11.6 Å². The van der Waals surface area contributed by atoms with Crippen molar-refractivity contribution >= 4 is 22.6 Å². The van der Waals surface area contributed by atoms with Gasteiger partial charge >= 0.3 is 6.36 Å². The van der Waals surface area contributed by atoms with Crippen molar-refractivity contribution in [1.29, 1.82) is 0 Å². The predicted molar refractivity (Wildman–Crippen MR) is 107 cm³/mol. The van der Waals surface area contributed by atoms with Gasteiger partial charge in [-0.2, -0.15) is 0 Å². The average molecular weight is 516 g/mol. The lowest BCUT2D eigenvalue weighted by Crippen LogP contribution is -2.26. The van der Waals surface area contributed by atoms with Gasteiger partial charge < -0.3 is 4.74 Å². The highest BCUT2D eigenvalue weighted by Gasteiger charge is 2.34. The molecule has 0 aromatic heterocycles. The maximum Gasteiger partial charge on any atom is 0.573 e. The van der Waals surface area contributed by atoms with Crippen molar-refractivity contribution in [2.24, 2.45) is 17.8 Å². The first-order valence-corrected chi connectivity index (χ1v) is 11.3. The van der Waals surface area contributed by atoms with Crippen LogP contribution in [-0.2, 0) is 6.42 Å². The van der Waals surface area contributed by atoms with Crippen LogP contribution in [0.2, 0.25) is 0 Å². The van der Waals surface area contributed by atoms with Crippen LogP contribution in [0.1, 0.15) is 63.4 Å². The number of benzene rings is 1. The molecule has 1 aromatic carbocycles. The smallest absolute Gasteiger partial charge is 0.399 e. The molecular weight excluding hydrogens is 490 g/mol. The normalized spacial score (nSPS) is 28.9. The third-order valence-electron chi connectivity index (χ3n) is 6.38. The first kappa shape index (κ1) is 22.1. The van der Waals surface area contributed by atoms with Crippen LogP contribution in [0.25, 0.3) is 0 Å². The number of hydrogen-bond donors (Lipinski definition) is 0. The number of rotatable bonds is 5. The molecule has 0 unspecified atom stereocenters. The van der Waals surface area contributed by atoms with Gasteiger partial charge in [-0.15, -0.1) is 13.2 Å². The second-order valence-corrected chi connectivity index (χ2v) is 10.0. The molecule has 0 spiro atoms. The van der Waals surface area contributed by atoms with Crippen LogP contribution in [-0.4, -0.2) is 10.3 Å². The highest BCUT2D eigenvalue weighted by atomic mass is 127. The summed E-state index contributed by atoms with van der Waals surface area (Å²) in [5.41, 5.74) is 0.381. The molecule has 0 saturated heterocycles. The van der Waals surface area contributed by atoms with Crippen LogP contribution in [0.3, 0.4) is 0 Å². The molecule has 0 amide bonds. The van der Waals surface area contributed by atoms with Gasteiger partial charge in [-0.1, -0.05) is 35.4 Å². The monoisotopic (exact) mass is 516 g/mol. The van der Waals surface area contributed by atoms with E-state index in [0.717, 1.165) is 47.2 Å². The van der Waals surface area contributed by atoms with Gasteiger partial charge in [0.05, 0.1) is 0 Å². The van der Waals surface area contributed by atoms with E-state index < -0.39 is 23.7 Å². The number of aryl methyl sites for hydroxylation is 1. The topological polar surface area (TPSA) is 9.23 Å². The van der Waals surface area contributed by atoms with E-state index in [4.69, 9.17) is 0 Å². The second-order valence-electron chi connectivity index (χ2n) is 8.27. The van der Waals surface area contributed by atoms with Gasteiger partial charge in [-0.25, -0.2) is 8.78 Å². The highest BCUT2D eigenvalue weighted by molar-refractivity contribution is 14.1. The van der Waals surface area contributed by atoms with Gasteiger partial charge in [-0.05, 0) is 86.8 Å². The Balaban J connectivity index is 1.47. The molecule has 1 nitrogen and oxygen atoms in total. The third-order valence-corrected chi connectivity index (χ3v) is 7.62. The van der Waals surface area contributed by atoms with E-state index >= 15 is 0 Å². The van der Waals surface area contributed by atoms with E-state index in [2.05, 4.69) is 27.3 Å². The van der Waals surface area contributed by atoms with Crippen molar-refractivity contribution in [3.63, 3.8) is 0 Å². The number of halogens is 6. The largest absolute Gasteiger partial charge is 0.573 e. The van der Waals surface area contributed by atoms with E-state index in [-0.39, 0.29) is 0 Å². The Morgan fingerprint density at radius 1 is 0.857 bits per heavy atom. The molecule has 0 atom stereocenters. The van der Waals surface area contributed by atoms with Gasteiger partial charge in [0.1, 0.15) is 0 Å². The molecular formula is C21H26F5IO. The molecule has 158 valence electrons. The molecule has 0 bridgehead atoms. The van der Waals surface area contributed by atoms with Crippen molar-refractivity contribution < 1.29 is 26.7 Å². The summed E-state index contributed by atoms with van der Waals surface area (Å²) in [7, 11) is 0. The summed E-state index contributed by atoms with van der Waals surface area (Å²) in [5.74, 6) is -1.79. The van der Waals surface area contributed by atoms with Crippen LogP contribution in [0.4, 0.5) is 22.0 Å². The maximum absolute atomic E-state index is 13.8. The third kappa shape index (κ3) is 6.20. The van der Waals surface area contributed by atoms with E-state index in [9.17, 15) is 22.0 Å². The predicted octanol–water partition coefficient (Wildman–Crippen LogP) is 7.60. The fourth-order valence-corrected chi connectivity index (χ4v) is 5.56. The van der Waals surface area contributed by atoms with Crippen molar-refractivity contribution in [1.82, 2.24) is 0 Å². The van der Waals surface area contributed by atoms with E-state index in [0.29, 0.717) is 17.9 Å². The molecule has 1 aromatic rings. The second kappa shape index (κ2) is 9.47. The Bertz CT molecular complexity index is 624. The van der Waals surface area contributed by atoms with Gasteiger partial charge in [0.25, 0.3) is 0 Å². The Hall–Kier alpha value is -0.600. The summed E-state index contributed by atoms with van der Waals surface area (Å²) in [6, 6.07) is 1.91. The molecule has 0 aliphatic heterocycles. The zero-order valence-corrected chi connectivity index (χ0v) is 17.9. The quantitative estimate of drug-likeness (QED) is 0.223. The Labute approximate surface area is 176 Å². The molecule has 0 N–H and O–H groups in total. The molecule has 7 heteroatoms. The summed E-state index contributed by atoms with van der Waals surface area (Å²) in [5, 5.41) is 0. The lowest BCUT2D eigenvalue weighted by atomic mass is 9.70. The maximum atomic E-state index is 13.8. The molecule has 28 heavy (non-hydrogen) atoms. The number of hydrogen-bond acceptors (Lipinski definition) is 1. The highest BCUT2D eigenvalue weighted by Crippen LogP contribution is 2.42. The van der Waals surface area contributed by atoms with Crippen LogP contribution < -0.4 is 4.74 Å². The Morgan fingerprint density at radius 2 is 1.36 bits per heavy atom. The van der Waals surface area contributed by atoms with Gasteiger partial charge in [0.2, 0.25) is 5.75 Å². The van der Waals surface area contributed by atoms with Crippen molar-refractivity contribution in [2.45, 2.75) is 74.5 Å².